The maximum Gasteiger partial charge on any atom is 0.494 e. The van der Waals surface area contributed by atoms with Gasteiger partial charge in [-0.2, -0.15) is 0 Å². The van der Waals surface area contributed by atoms with Crippen molar-refractivity contribution in [2.75, 3.05) is 13.7 Å². The van der Waals surface area contributed by atoms with Gasteiger partial charge >= 0.3 is 7.12 Å². The average Bonchev–Trinajstić information content (AvgIpc) is 2.52. The molecule has 0 saturated carbocycles. The second kappa shape index (κ2) is 4.44. The van der Waals surface area contributed by atoms with Crippen molar-refractivity contribution in [3.05, 3.63) is 30.3 Å². The van der Waals surface area contributed by atoms with Crippen LogP contribution in [0, 0.1) is 0 Å². The highest BCUT2D eigenvalue weighted by molar-refractivity contribution is 6.62. The quantitative estimate of drug-likeness (QED) is 0.743. The highest BCUT2D eigenvalue weighted by Crippen LogP contribution is 2.37. The zero-order chi connectivity index (χ0) is 12.5. The lowest BCUT2D eigenvalue weighted by molar-refractivity contribution is -0.0594. The first-order valence-corrected chi connectivity index (χ1v) is 5.88. The molecule has 92 valence electrons. The molecule has 0 aliphatic carbocycles. The molecule has 1 saturated heterocycles. The first-order valence-electron chi connectivity index (χ1n) is 5.88. The zero-order valence-electron chi connectivity index (χ0n) is 10.9. The number of benzene rings is 1. The SMILES string of the molecule is COCC1(C)OB(c2ccccc2)OC1(C)C. The number of rotatable bonds is 3. The van der Waals surface area contributed by atoms with E-state index < -0.39 is 5.60 Å². The van der Waals surface area contributed by atoms with Crippen molar-refractivity contribution in [3.63, 3.8) is 0 Å². The Bertz CT molecular complexity index is 380. The summed E-state index contributed by atoms with van der Waals surface area (Å²) in [4.78, 5) is 0. The molecule has 4 heteroatoms. The highest BCUT2D eigenvalue weighted by Gasteiger charge is 2.54. The molecule has 1 aromatic carbocycles. The lowest BCUT2D eigenvalue weighted by Gasteiger charge is -2.35. The van der Waals surface area contributed by atoms with Gasteiger partial charge in [0.25, 0.3) is 0 Å². The van der Waals surface area contributed by atoms with Gasteiger partial charge in [0.15, 0.2) is 0 Å². The maximum absolute atomic E-state index is 6.04. The fourth-order valence-electron chi connectivity index (χ4n) is 2.02. The second-order valence-electron chi connectivity index (χ2n) is 5.15. The highest BCUT2D eigenvalue weighted by atomic mass is 16.7. The molecule has 0 amide bonds. The van der Waals surface area contributed by atoms with Crippen LogP contribution < -0.4 is 5.46 Å². The van der Waals surface area contributed by atoms with E-state index in [0.717, 1.165) is 5.46 Å². The van der Waals surface area contributed by atoms with Gasteiger partial charge in [0.1, 0.15) is 5.60 Å². The van der Waals surface area contributed by atoms with E-state index in [9.17, 15) is 0 Å². The summed E-state index contributed by atoms with van der Waals surface area (Å²) in [6, 6.07) is 9.98. The minimum atomic E-state index is -0.428. The van der Waals surface area contributed by atoms with Crippen LogP contribution in [0.3, 0.4) is 0 Å². The van der Waals surface area contributed by atoms with Gasteiger partial charge in [0.2, 0.25) is 0 Å². The third-order valence-electron chi connectivity index (χ3n) is 3.53. The van der Waals surface area contributed by atoms with Crippen molar-refractivity contribution in [2.24, 2.45) is 0 Å². The van der Waals surface area contributed by atoms with Crippen LogP contribution in [0.15, 0.2) is 30.3 Å². The summed E-state index contributed by atoms with van der Waals surface area (Å²) in [5.74, 6) is 0. The number of ether oxygens (including phenoxy) is 1. The standard InChI is InChI=1S/C13H19BO3/c1-12(2)13(3,10-15-4)17-14(16-12)11-8-6-5-7-9-11/h5-9H,10H2,1-4H3. The summed E-state index contributed by atoms with van der Waals surface area (Å²) in [5, 5.41) is 0. The van der Waals surface area contributed by atoms with Crippen LogP contribution in [0.5, 0.6) is 0 Å². The van der Waals surface area contributed by atoms with Gasteiger partial charge in [-0.3, -0.25) is 0 Å². The molecule has 1 fully saturated rings. The molecule has 1 aliphatic rings. The summed E-state index contributed by atoms with van der Waals surface area (Å²) in [6.07, 6.45) is 0. The van der Waals surface area contributed by atoms with Crippen molar-refractivity contribution in [1.82, 2.24) is 0 Å². The molecule has 1 heterocycles. The van der Waals surface area contributed by atoms with E-state index in [2.05, 4.69) is 0 Å². The first kappa shape index (κ1) is 12.6. The van der Waals surface area contributed by atoms with Crippen LogP contribution in [0.1, 0.15) is 20.8 Å². The normalized spacial score (nSPS) is 27.4. The van der Waals surface area contributed by atoms with Gasteiger partial charge < -0.3 is 14.0 Å². The van der Waals surface area contributed by atoms with Gasteiger partial charge in [-0.05, 0) is 26.2 Å². The molecule has 3 nitrogen and oxygen atoms in total. The Morgan fingerprint density at radius 1 is 1.12 bits per heavy atom. The van der Waals surface area contributed by atoms with Crippen LogP contribution in [0.4, 0.5) is 0 Å². The summed E-state index contributed by atoms with van der Waals surface area (Å²) in [6.45, 7) is 6.62. The molecule has 1 unspecified atom stereocenters. The summed E-state index contributed by atoms with van der Waals surface area (Å²) in [7, 11) is 1.37. The second-order valence-corrected chi connectivity index (χ2v) is 5.15. The Balaban J connectivity index is 2.22. The minimum absolute atomic E-state index is 0.314. The molecular formula is C13H19BO3. The molecule has 1 aliphatic heterocycles. The van der Waals surface area contributed by atoms with E-state index in [1.165, 1.54) is 0 Å². The van der Waals surface area contributed by atoms with E-state index in [-0.39, 0.29) is 12.7 Å². The van der Waals surface area contributed by atoms with Crippen molar-refractivity contribution < 1.29 is 14.0 Å². The Labute approximate surface area is 103 Å². The Morgan fingerprint density at radius 2 is 1.76 bits per heavy atom. The van der Waals surface area contributed by atoms with Gasteiger partial charge in [-0.15, -0.1) is 0 Å². The largest absolute Gasteiger partial charge is 0.494 e. The summed E-state index contributed by atoms with van der Waals surface area (Å²) in [5.41, 5.74) is 0.242. The van der Waals surface area contributed by atoms with Crippen molar-refractivity contribution in [3.8, 4) is 0 Å². The molecule has 2 rings (SSSR count). The maximum atomic E-state index is 6.04. The van der Waals surface area contributed by atoms with Crippen LogP contribution in [-0.4, -0.2) is 32.0 Å². The molecular weight excluding hydrogens is 215 g/mol. The summed E-state index contributed by atoms with van der Waals surface area (Å²) >= 11 is 0. The smallest absolute Gasteiger partial charge is 0.399 e. The summed E-state index contributed by atoms with van der Waals surface area (Å²) < 4.78 is 17.3. The Morgan fingerprint density at radius 3 is 2.35 bits per heavy atom. The van der Waals surface area contributed by atoms with Crippen LogP contribution >= 0.6 is 0 Å². The van der Waals surface area contributed by atoms with Gasteiger partial charge in [0, 0.05) is 7.11 Å². The predicted octanol–water partition coefficient (Wildman–Crippen LogP) is 1.61. The van der Waals surface area contributed by atoms with Crippen LogP contribution in [0.25, 0.3) is 0 Å². The lowest BCUT2D eigenvalue weighted by Crippen LogP contribution is -2.48. The lowest BCUT2D eigenvalue weighted by atomic mass is 9.79. The van der Waals surface area contributed by atoms with Crippen LogP contribution in [0.2, 0.25) is 0 Å². The van der Waals surface area contributed by atoms with Gasteiger partial charge in [0.05, 0.1) is 12.2 Å². The van der Waals surface area contributed by atoms with Gasteiger partial charge in [-0.25, -0.2) is 0 Å². The molecule has 0 aromatic heterocycles. The fraction of sp³-hybridized carbons (Fsp3) is 0.538. The molecule has 1 aromatic rings. The number of methoxy groups -OCH3 is 1. The number of hydrogen-bond acceptors (Lipinski definition) is 3. The first-order chi connectivity index (χ1) is 7.98. The molecule has 0 bridgehead atoms. The van der Waals surface area contributed by atoms with E-state index in [1.54, 1.807) is 7.11 Å². The monoisotopic (exact) mass is 234 g/mol. The fourth-order valence-corrected chi connectivity index (χ4v) is 2.02. The zero-order valence-corrected chi connectivity index (χ0v) is 10.9. The van der Waals surface area contributed by atoms with Crippen molar-refractivity contribution in [2.45, 2.75) is 32.0 Å². The van der Waals surface area contributed by atoms with E-state index in [1.807, 2.05) is 51.1 Å². The van der Waals surface area contributed by atoms with Gasteiger partial charge in [-0.1, -0.05) is 30.3 Å². The predicted molar refractivity (Wildman–Crippen MR) is 68.4 cm³/mol. The van der Waals surface area contributed by atoms with E-state index >= 15 is 0 Å². The molecule has 0 radical (unpaired) electrons. The Hall–Kier alpha value is -0.835. The molecule has 0 spiro atoms. The molecule has 0 N–H and O–H groups in total. The van der Waals surface area contributed by atoms with E-state index in [0.29, 0.717) is 6.61 Å². The Kier molecular flexibility index (Phi) is 3.30. The molecule has 1 atom stereocenters. The topological polar surface area (TPSA) is 27.7 Å². The van der Waals surface area contributed by atoms with Crippen molar-refractivity contribution >= 4 is 12.6 Å². The molecule has 17 heavy (non-hydrogen) atoms. The third-order valence-corrected chi connectivity index (χ3v) is 3.53. The van der Waals surface area contributed by atoms with Crippen molar-refractivity contribution in [1.29, 1.82) is 0 Å². The minimum Gasteiger partial charge on any atom is -0.399 e. The number of hydrogen-bond donors (Lipinski definition) is 0. The van der Waals surface area contributed by atoms with E-state index in [4.69, 9.17) is 14.0 Å². The third kappa shape index (κ3) is 2.25. The van der Waals surface area contributed by atoms with Crippen LogP contribution in [-0.2, 0) is 14.0 Å². The average molecular weight is 234 g/mol.